The summed E-state index contributed by atoms with van der Waals surface area (Å²) >= 11 is 0. The summed E-state index contributed by atoms with van der Waals surface area (Å²) < 4.78 is 41.2. The second-order valence-corrected chi connectivity index (χ2v) is 7.29. The predicted molar refractivity (Wildman–Crippen MR) is 88.3 cm³/mol. The number of hydrogen-bond donors (Lipinski definition) is 2. The Hall–Kier alpha value is -2.58. The van der Waals surface area contributed by atoms with Gasteiger partial charge in [-0.05, 0) is 37.1 Å². The van der Waals surface area contributed by atoms with Crippen molar-refractivity contribution in [2.75, 3.05) is 4.90 Å². The van der Waals surface area contributed by atoms with Crippen molar-refractivity contribution in [1.82, 2.24) is 10.6 Å². The number of urea groups is 1. The van der Waals surface area contributed by atoms with Crippen molar-refractivity contribution in [3.63, 3.8) is 0 Å². The largest absolute Gasteiger partial charge is 0.440 e. The number of carbonyl (C=O) groups excluding carboxylic acids is 3. The van der Waals surface area contributed by atoms with Gasteiger partial charge in [0.2, 0.25) is 5.91 Å². The maximum atomic E-state index is 13.7. The average Bonchev–Trinajstić information content (AvgIpc) is 2.72. The summed E-state index contributed by atoms with van der Waals surface area (Å²) in [5.74, 6) is -2.62. The first-order valence-corrected chi connectivity index (χ1v) is 7.84. The van der Waals surface area contributed by atoms with E-state index in [-0.39, 0.29) is 5.69 Å². The first kappa shape index (κ1) is 19.7. The fourth-order valence-corrected chi connectivity index (χ4v) is 2.33. The molecule has 1 aromatic carbocycles. The molecule has 0 radical (unpaired) electrons. The SMILES string of the molecule is Cc1ccc(N2C(=O)N[C@@](NC(=O)C(C)(C)C)(C(F)(F)F)C2=O)cc1C. The highest BCUT2D eigenvalue weighted by Gasteiger charge is 2.69. The third kappa shape index (κ3) is 3.13. The average molecular weight is 371 g/mol. The molecule has 1 fully saturated rings. The second kappa shape index (κ2) is 6.00. The Kier molecular flexibility index (Phi) is 4.55. The van der Waals surface area contributed by atoms with Crippen molar-refractivity contribution in [2.24, 2.45) is 5.41 Å². The van der Waals surface area contributed by atoms with Crippen LogP contribution in [0.15, 0.2) is 18.2 Å². The number of alkyl halides is 3. The second-order valence-electron chi connectivity index (χ2n) is 7.29. The summed E-state index contributed by atoms with van der Waals surface area (Å²) in [6, 6.07) is 3.14. The number of halogens is 3. The maximum absolute atomic E-state index is 13.7. The van der Waals surface area contributed by atoms with E-state index in [9.17, 15) is 27.6 Å². The Balaban J connectivity index is 2.52. The molecule has 4 amide bonds. The molecule has 1 aromatic rings. The fraction of sp³-hybridized carbons (Fsp3) is 0.471. The molecule has 1 saturated heterocycles. The highest BCUT2D eigenvalue weighted by atomic mass is 19.4. The summed E-state index contributed by atoms with van der Waals surface area (Å²) in [6.45, 7) is 7.68. The molecule has 0 aliphatic carbocycles. The van der Waals surface area contributed by atoms with E-state index in [0.717, 1.165) is 5.56 Å². The van der Waals surface area contributed by atoms with Gasteiger partial charge in [0.1, 0.15) is 0 Å². The number of aryl methyl sites for hydroxylation is 2. The molecular formula is C17H20F3N3O3. The van der Waals surface area contributed by atoms with Gasteiger partial charge in [0, 0.05) is 5.41 Å². The van der Waals surface area contributed by atoms with Crippen molar-refractivity contribution in [3.05, 3.63) is 29.3 Å². The molecule has 0 saturated carbocycles. The van der Waals surface area contributed by atoms with E-state index in [0.29, 0.717) is 10.5 Å². The number of anilines is 1. The molecule has 2 rings (SSSR count). The number of nitrogens with zero attached hydrogens (tertiary/aromatic N) is 1. The normalized spacial score (nSPS) is 21.0. The summed E-state index contributed by atoms with van der Waals surface area (Å²) in [6.07, 6.45) is -5.23. The molecule has 6 nitrogen and oxygen atoms in total. The standard InChI is InChI=1S/C17H20F3N3O3/c1-9-6-7-11(8-10(9)2)23-13(25)16(17(18,19)20,22-14(23)26)21-12(24)15(3,4)5/h6-8H,1-5H3,(H,21,24)(H,22,26)/t16-/m1/s1. The van der Waals surface area contributed by atoms with Gasteiger partial charge >= 0.3 is 12.2 Å². The molecule has 1 aliphatic heterocycles. The van der Waals surface area contributed by atoms with E-state index in [4.69, 9.17) is 0 Å². The van der Waals surface area contributed by atoms with Gasteiger partial charge in [-0.25, -0.2) is 9.69 Å². The van der Waals surface area contributed by atoms with Crippen LogP contribution in [0.2, 0.25) is 0 Å². The molecule has 1 atom stereocenters. The molecule has 142 valence electrons. The van der Waals surface area contributed by atoms with Crippen molar-refractivity contribution in [1.29, 1.82) is 0 Å². The molecular weight excluding hydrogens is 351 g/mol. The molecule has 9 heteroatoms. The van der Waals surface area contributed by atoms with Gasteiger partial charge in [0.25, 0.3) is 11.6 Å². The number of hydrogen-bond acceptors (Lipinski definition) is 3. The summed E-state index contributed by atoms with van der Waals surface area (Å²) in [5, 5.41) is 3.31. The van der Waals surface area contributed by atoms with Crippen LogP contribution >= 0.6 is 0 Å². The van der Waals surface area contributed by atoms with Crippen LogP contribution in [0.4, 0.5) is 23.7 Å². The van der Waals surface area contributed by atoms with Crippen LogP contribution in [-0.2, 0) is 9.59 Å². The van der Waals surface area contributed by atoms with Gasteiger partial charge in [0.05, 0.1) is 5.69 Å². The minimum absolute atomic E-state index is 0.00765. The highest BCUT2D eigenvalue weighted by Crippen LogP contribution is 2.36. The maximum Gasteiger partial charge on any atom is 0.440 e. The Bertz CT molecular complexity index is 784. The third-order valence-corrected chi connectivity index (χ3v) is 4.18. The quantitative estimate of drug-likeness (QED) is 0.785. The van der Waals surface area contributed by atoms with Gasteiger partial charge < -0.3 is 5.32 Å². The van der Waals surface area contributed by atoms with Crippen molar-refractivity contribution < 1.29 is 27.6 Å². The van der Waals surface area contributed by atoms with Crippen LogP contribution in [0, 0.1) is 19.3 Å². The fourth-order valence-electron chi connectivity index (χ4n) is 2.33. The molecule has 1 heterocycles. The van der Waals surface area contributed by atoms with Crippen LogP contribution in [0.1, 0.15) is 31.9 Å². The number of nitrogens with one attached hydrogen (secondary N) is 2. The van der Waals surface area contributed by atoms with Crippen LogP contribution in [0.25, 0.3) is 0 Å². The van der Waals surface area contributed by atoms with Gasteiger partial charge in [0.15, 0.2) is 0 Å². The van der Waals surface area contributed by atoms with E-state index in [1.165, 1.54) is 32.9 Å². The summed E-state index contributed by atoms with van der Waals surface area (Å²) in [4.78, 5) is 37.4. The molecule has 2 N–H and O–H groups in total. The number of rotatable bonds is 2. The topological polar surface area (TPSA) is 78.5 Å². The van der Waals surface area contributed by atoms with Crippen LogP contribution < -0.4 is 15.5 Å². The third-order valence-electron chi connectivity index (χ3n) is 4.18. The Morgan fingerprint density at radius 2 is 1.69 bits per heavy atom. The lowest BCUT2D eigenvalue weighted by Gasteiger charge is -2.32. The zero-order chi connectivity index (χ0) is 20.1. The predicted octanol–water partition coefficient (Wildman–Crippen LogP) is 2.78. The molecule has 1 aliphatic rings. The number of carbonyl (C=O) groups is 3. The Morgan fingerprint density at radius 3 is 2.15 bits per heavy atom. The lowest BCUT2D eigenvalue weighted by atomic mass is 9.94. The van der Waals surface area contributed by atoms with Crippen LogP contribution in [0.5, 0.6) is 0 Å². The van der Waals surface area contributed by atoms with Crippen LogP contribution in [-0.4, -0.2) is 29.7 Å². The van der Waals surface area contributed by atoms with E-state index >= 15 is 0 Å². The van der Waals surface area contributed by atoms with Crippen molar-refractivity contribution >= 4 is 23.5 Å². The van der Waals surface area contributed by atoms with Crippen LogP contribution in [0.3, 0.4) is 0 Å². The van der Waals surface area contributed by atoms with Gasteiger partial charge in [-0.2, -0.15) is 13.2 Å². The first-order valence-electron chi connectivity index (χ1n) is 7.84. The lowest BCUT2D eigenvalue weighted by molar-refractivity contribution is -0.202. The zero-order valence-corrected chi connectivity index (χ0v) is 15.0. The first-order chi connectivity index (χ1) is 11.7. The minimum Gasteiger partial charge on any atom is -0.317 e. The van der Waals surface area contributed by atoms with Gasteiger partial charge in [-0.15, -0.1) is 0 Å². The lowest BCUT2D eigenvalue weighted by Crippen LogP contribution is -2.70. The minimum atomic E-state index is -5.23. The summed E-state index contributed by atoms with van der Waals surface area (Å²) in [7, 11) is 0. The van der Waals surface area contributed by atoms with E-state index in [2.05, 4.69) is 0 Å². The van der Waals surface area contributed by atoms with Gasteiger partial charge in [-0.1, -0.05) is 26.8 Å². The number of benzene rings is 1. The molecule has 0 bridgehead atoms. The highest BCUT2D eigenvalue weighted by molar-refractivity contribution is 6.24. The molecule has 0 unspecified atom stereocenters. The monoisotopic (exact) mass is 371 g/mol. The van der Waals surface area contributed by atoms with E-state index < -0.39 is 35.1 Å². The number of amides is 4. The van der Waals surface area contributed by atoms with Crippen molar-refractivity contribution in [3.8, 4) is 0 Å². The summed E-state index contributed by atoms with van der Waals surface area (Å²) in [5.41, 5.74) is -3.16. The Labute approximate surface area is 148 Å². The van der Waals surface area contributed by atoms with E-state index in [1.54, 1.807) is 30.5 Å². The van der Waals surface area contributed by atoms with Crippen molar-refractivity contribution in [2.45, 2.75) is 46.5 Å². The van der Waals surface area contributed by atoms with E-state index in [1.807, 2.05) is 0 Å². The van der Waals surface area contributed by atoms with Gasteiger partial charge in [-0.3, -0.25) is 14.9 Å². The molecule has 0 aromatic heterocycles. The molecule has 26 heavy (non-hydrogen) atoms. The number of imide groups is 1. The molecule has 0 spiro atoms. The Morgan fingerprint density at radius 1 is 1.12 bits per heavy atom. The zero-order valence-electron chi connectivity index (χ0n) is 15.0. The smallest absolute Gasteiger partial charge is 0.317 e.